The fourth-order valence-corrected chi connectivity index (χ4v) is 7.93. The number of aromatic hydroxyl groups is 1. The lowest BCUT2D eigenvalue weighted by atomic mass is 10.2. The van der Waals surface area contributed by atoms with Gasteiger partial charge in [0.25, 0.3) is 5.91 Å². The van der Waals surface area contributed by atoms with Gasteiger partial charge in [-0.2, -0.15) is 9.29 Å². The summed E-state index contributed by atoms with van der Waals surface area (Å²) >= 11 is 1.20. The maximum absolute atomic E-state index is 13.0. The van der Waals surface area contributed by atoms with Gasteiger partial charge in [-0.25, -0.2) is 13.4 Å². The van der Waals surface area contributed by atoms with Gasteiger partial charge in [-0.05, 0) is 18.9 Å². The van der Waals surface area contributed by atoms with Gasteiger partial charge in [0.1, 0.15) is 21.7 Å². The number of carbonyl (C=O) groups excluding carboxylic acids is 1. The third-order valence-corrected chi connectivity index (χ3v) is 10.9. The molecule has 1 amide bonds. The summed E-state index contributed by atoms with van der Waals surface area (Å²) in [6, 6.07) is 4.80. The first-order valence-corrected chi connectivity index (χ1v) is 17.9. The number of hydrogen-bond acceptors (Lipinski definition) is 13. The Bertz CT molecular complexity index is 2180. The first-order chi connectivity index (χ1) is 22.5. The van der Waals surface area contributed by atoms with E-state index in [1.165, 1.54) is 34.0 Å². The first kappa shape index (κ1) is 31.0. The minimum Gasteiger partial charge on any atom is -0.504 e. The molecule has 15 nitrogen and oxygen atoms in total. The molecular formula is C30H33N9O6S2. The van der Waals surface area contributed by atoms with Gasteiger partial charge in [0.2, 0.25) is 21.4 Å². The zero-order chi connectivity index (χ0) is 33.0. The first-order valence-electron chi connectivity index (χ1n) is 15.2. The van der Waals surface area contributed by atoms with Gasteiger partial charge in [-0.1, -0.05) is 12.8 Å². The maximum Gasteiger partial charge on any atom is 0.270 e. The van der Waals surface area contributed by atoms with Crippen LogP contribution >= 0.6 is 11.3 Å². The van der Waals surface area contributed by atoms with Crippen LogP contribution in [-0.2, 0) is 10.0 Å². The third-order valence-electron chi connectivity index (χ3n) is 8.62. The van der Waals surface area contributed by atoms with Crippen molar-refractivity contribution in [2.45, 2.75) is 31.7 Å². The van der Waals surface area contributed by atoms with Crippen molar-refractivity contribution in [1.82, 2.24) is 33.9 Å². The van der Waals surface area contributed by atoms with Crippen LogP contribution in [0.4, 0.5) is 17.7 Å². The summed E-state index contributed by atoms with van der Waals surface area (Å²) in [5, 5.41) is 24.9. The molecule has 0 bridgehead atoms. The van der Waals surface area contributed by atoms with Gasteiger partial charge in [0.15, 0.2) is 23.0 Å². The Morgan fingerprint density at radius 3 is 2.53 bits per heavy atom. The van der Waals surface area contributed by atoms with E-state index in [1.807, 2.05) is 15.5 Å². The quantitative estimate of drug-likeness (QED) is 0.256. The number of nitrogens with zero attached hydrogens (tertiary/aromatic N) is 8. The van der Waals surface area contributed by atoms with Crippen molar-refractivity contribution in [3.05, 3.63) is 45.7 Å². The zero-order valence-electron chi connectivity index (χ0n) is 26.0. The van der Waals surface area contributed by atoms with Crippen molar-refractivity contribution in [2.24, 2.45) is 0 Å². The van der Waals surface area contributed by atoms with Crippen LogP contribution in [0.15, 0.2) is 39.0 Å². The van der Waals surface area contributed by atoms with Gasteiger partial charge >= 0.3 is 0 Å². The highest BCUT2D eigenvalue weighted by Gasteiger charge is 2.28. The summed E-state index contributed by atoms with van der Waals surface area (Å²) in [4.78, 5) is 38.5. The molecule has 1 saturated carbocycles. The molecule has 0 radical (unpaired) electrons. The van der Waals surface area contributed by atoms with Crippen LogP contribution in [-0.4, -0.2) is 99.9 Å². The summed E-state index contributed by atoms with van der Waals surface area (Å²) in [5.41, 5.74) is 2.03. The number of hydrogen-bond donors (Lipinski definition) is 2. The van der Waals surface area contributed by atoms with Crippen LogP contribution < -0.4 is 15.6 Å². The van der Waals surface area contributed by atoms with Gasteiger partial charge in [0.05, 0.1) is 11.8 Å². The Kier molecular flexibility index (Phi) is 7.84. The van der Waals surface area contributed by atoms with Crippen LogP contribution in [0.2, 0.25) is 0 Å². The van der Waals surface area contributed by atoms with Crippen molar-refractivity contribution in [3.8, 4) is 17.0 Å². The normalized spacial score (nSPS) is 16.4. The smallest absolute Gasteiger partial charge is 0.270 e. The van der Waals surface area contributed by atoms with Gasteiger partial charge in [0, 0.05) is 75.4 Å². The monoisotopic (exact) mass is 679 g/mol. The highest BCUT2D eigenvalue weighted by atomic mass is 32.2. The summed E-state index contributed by atoms with van der Waals surface area (Å²) in [5.74, 6) is 0.215. The molecule has 1 aliphatic carbocycles. The molecule has 5 aromatic heterocycles. The van der Waals surface area contributed by atoms with Crippen molar-refractivity contribution < 1.29 is 22.7 Å². The number of thiophene rings is 1. The third kappa shape index (κ3) is 5.78. The standard InChI is InChI=1S/C30H33N9O6S2/c1-36(2)29(42)21-12-17-15-31-30(33-28(17)39(21)18-6-4-5-7-18)32-27-23(41)13-20(34-35-27)19-16-46-26-22(40)14-24(45-25(19)26)37-8-10-38(11-9-37)47(3,43)44/h12-16,18H,4-11H2,1-3H3,(H,34,41)(H,31,32,33,35). The molecule has 1 aliphatic heterocycles. The highest BCUT2D eigenvalue weighted by molar-refractivity contribution is 7.88. The number of nitrogens with one attached hydrogen (secondary N) is 1. The van der Waals surface area contributed by atoms with Crippen LogP contribution in [0.3, 0.4) is 0 Å². The van der Waals surface area contributed by atoms with Crippen LogP contribution in [0, 0.1) is 0 Å². The molecule has 6 heterocycles. The molecule has 2 fully saturated rings. The molecule has 0 atom stereocenters. The minimum atomic E-state index is -3.31. The van der Waals surface area contributed by atoms with Gasteiger partial charge < -0.3 is 29.2 Å². The number of aromatic nitrogens is 5. The van der Waals surface area contributed by atoms with E-state index >= 15 is 0 Å². The minimum absolute atomic E-state index is 0.0297. The predicted octanol–water partition coefficient (Wildman–Crippen LogP) is 3.40. The fraction of sp³-hybridized carbons (Fsp3) is 0.400. The molecule has 0 spiro atoms. The van der Waals surface area contributed by atoms with E-state index in [2.05, 4.69) is 20.5 Å². The van der Waals surface area contributed by atoms with E-state index in [0.717, 1.165) is 31.1 Å². The Hall–Kier alpha value is -4.61. The molecule has 0 unspecified atom stereocenters. The topological polar surface area (TPSA) is 180 Å². The Morgan fingerprint density at radius 1 is 1.11 bits per heavy atom. The summed E-state index contributed by atoms with van der Waals surface area (Å²) in [6.07, 6.45) is 6.89. The average molecular weight is 680 g/mol. The summed E-state index contributed by atoms with van der Waals surface area (Å²) in [6.45, 7) is 1.30. The molecule has 246 valence electrons. The van der Waals surface area contributed by atoms with Crippen molar-refractivity contribution in [3.63, 3.8) is 0 Å². The Morgan fingerprint density at radius 2 is 1.85 bits per heavy atom. The molecule has 0 aromatic carbocycles. The lowest BCUT2D eigenvalue weighted by Gasteiger charge is -2.33. The number of sulfonamides is 1. The number of fused-ring (bicyclic) bond motifs is 2. The molecule has 7 rings (SSSR count). The predicted molar refractivity (Wildman–Crippen MR) is 178 cm³/mol. The van der Waals surface area contributed by atoms with Gasteiger partial charge in [-0.15, -0.1) is 21.5 Å². The zero-order valence-corrected chi connectivity index (χ0v) is 27.6. The number of rotatable bonds is 7. The van der Waals surface area contributed by atoms with Crippen molar-refractivity contribution in [1.29, 1.82) is 0 Å². The van der Waals surface area contributed by atoms with E-state index < -0.39 is 10.0 Å². The molecular weight excluding hydrogens is 647 g/mol. The lowest BCUT2D eigenvalue weighted by molar-refractivity contribution is 0.0815. The number of anilines is 3. The Balaban J connectivity index is 1.17. The molecule has 1 saturated heterocycles. The average Bonchev–Trinajstić information content (AvgIpc) is 3.80. The molecule has 5 aromatic rings. The fourth-order valence-electron chi connectivity index (χ4n) is 6.21. The second-order valence-electron chi connectivity index (χ2n) is 12.0. The molecule has 47 heavy (non-hydrogen) atoms. The van der Waals surface area contributed by atoms with Gasteiger partial charge in [-0.3, -0.25) is 9.59 Å². The molecule has 2 N–H and O–H groups in total. The summed E-state index contributed by atoms with van der Waals surface area (Å²) < 4.78 is 33.8. The summed E-state index contributed by atoms with van der Waals surface area (Å²) in [7, 11) is 0.135. The maximum atomic E-state index is 13.0. The molecule has 2 aliphatic rings. The number of amides is 1. The van der Waals surface area contributed by atoms with Crippen molar-refractivity contribution >= 4 is 66.2 Å². The van der Waals surface area contributed by atoms with Crippen LogP contribution in [0.25, 0.3) is 32.6 Å². The second kappa shape index (κ2) is 11.9. The van der Waals surface area contributed by atoms with Crippen LogP contribution in [0.1, 0.15) is 42.2 Å². The van der Waals surface area contributed by atoms with E-state index in [-0.39, 0.29) is 48.0 Å². The van der Waals surface area contributed by atoms with Crippen molar-refractivity contribution in [2.75, 3.05) is 56.7 Å². The van der Waals surface area contributed by atoms with E-state index in [1.54, 1.807) is 30.6 Å². The van der Waals surface area contributed by atoms with E-state index in [0.29, 0.717) is 51.9 Å². The number of carbonyl (C=O) groups is 1. The Labute approximate surface area is 273 Å². The largest absolute Gasteiger partial charge is 0.504 e. The lowest BCUT2D eigenvalue weighted by Crippen LogP contribution is -2.48. The van der Waals surface area contributed by atoms with E-state index in [9.17, 15) is 23.1 Å². The van der Waals surface area contributed by atoms with Crippen LogP contribution in [0.5, 0.6) is 5.75 Å². The molecule has 17 heteroatoms. The van der Waals surface area contributed by atoms with E-state index in [4.69, 9.17) is 9.40 Å². The number of piperazine rings is 1. The second-order valence-corrected chi connectivity index (χ2v) is 14.9. The highest BCUT2D eigenvalue weighted by Crippen LogP contribution is 2.37. The SMILES string of the molecule is CN(C)C(=O)c1cc2cnc(Nc3nnc(-c4csc5c(=O)cc(N6CCN(S(C)(=O)=O)CC6)oc45)cc3O)nc2n1C1CCCC1.